The summed E-state index contributed by atoms with van der Waals surface area (Å²) in [5, 5.41) is 10.7. The van der Waals surface area contributed by atoms with Gasteiger partial charge in [0.1, 0.15) is 5.54 Å². The van der Waals surface area contributed by atoms with E-state index in [9.17, 15) is 4.79 Å². The Morgan fingerprint density at radius 1 is 1.29 bits per heavy atom. The van der Waals surface area contributed by atoms with E-state index in [-0.39, 0.29) is 11.8 Å². The molecule has 2 unspecified atom stereocenters. The number of carbonyl (C=O) groups is 1. The topological polar surface area (TPSA) is 55.2 Å². The number of carbonyl (C=O) groups excluding carboxylic acids is 1. The molecule has 3 rings (SSSR count). The molecule has 2 N–H and O–H groups in total. The van der Waals surface area contributed by atoms with Gasteiger partial charge in [-0.15, -0.1) is 0 Å². The van der Waals surface area contributed by atoms with Crippen LogP contribution in [0.25, 0.3) is 0 Å². The van der Waals surface area contributed by atoms with E-state index in [2.05, 4.69) is 28.1 Å². The lowest BCUT2D eigenvalue weighted by Crippen LogP contribution is -2.57. The molecule has 2 aliphatic heterocycles. The first-order chi connectivity index (χ1) is 8.33. The Balaban J connectivity index is 1.98. The zero-order chi connectivity index (χ0) is 11.7. The minimum atomic E-state index is -0.441. The first-order valence-electron chi connectivity index (χ1n) is 6.04. The summed E-state index contributed by atoms with van der Waals surface area (Å²) in [7, 11) is 0. The standard InChI is InChI=1S/C13H16N3O/c17-12-13(16-9-15-12)6-7-14-8-11(13)10-4-2-1-3-5-10/h1-5,11,16H,6-9H2,(H,15,17). The van der Waals surface area contributed by atoms with Crippen LogP contribution in [0.3, 0.4) is 0 Å². The van der Waals surface area contributed by atoms with Crippen LogP contribution in [-0.2, 0) is 4.79 Å². The number of piperidine rings is 1. The van der Waals surface area contributed by atoms with Crippen molar-refractivity contribution in [3.63, 3.8) is 0 Å². The van der Waals surface area contributed by atoms with Crippen LogP contribution in [0, 0.1) is 0 Å². The van der Waals surface area contributed by atoms with Gasteiger partial charge in [-0.25, -0.2) is 5.32 Å². The van der Waals surface area contributed by atoms with Gasteiger partial charge in [0.2, 0.25) is 5.91 Å². The van der Waals surface area contributed by atoms with E-state index in [4.69, 9.17) is 0 Å². The minimum absolute atomic E-state index is 0.126. The smallest absolute Gasteiger partial charge is 0.242 e. The molecular weight excluding hydrogens is 214 g/mol. The zero-order valence-corrected chi connectivity index (χ0v) is 9.65. The number of benzene rings is 1. The van der Waals surface area contributed by atoms with Crippen molar-refractivity contribution < 1.29 is 4.79 Å². The quantitative estimate of drug-likeness (QED) is 0.724. The van der Waals surface area contributed by atoms with E-state index in [1.54, 1.807) is 0 Å². The van der Waals surface area contributed by atoms with Crippen molar-refractivity contribution in [3.05, 3.63) is 35.9 Å². The average Bonchev–Trinajstić information content (AvgIpc) is 2.73. The lowest BCUT2D eigenvalue weighted by molar-refractivity contribution is -0.125. The van der Waals surface area contributed by atoms with E-state index < -0.39 is 5.54 Å². The summed E-state index contributed by atoms with van der Waals surface area (Å²) < 4.78 is 0. The van der Waals surface area contributed by atoms with Crippen molar-refractivity contribution in [1.82, 2.24) is 16.0 Å². The fraction of sp³-hybridized carbons (Fsp3) is 0.462. The molecule has 2 heterocycles. The van der Waals surface area contributed by atoms with Crippen LogP contribution < -0.4 is 16.0 Å². The van der Waals surface area contributed by atoms with Gasteiger partial charge in [0.25, 0.3) is 0 Å². The van der Waals surface area contributed by atoms with Crippen molar-refractivity contribution in [1.29, 1.82) is 0 Å². The van der Waals surface area contributed by atoms with E-state index in [0.29, 0.717) is 6.67 Å². The van der Waals surface area contributed by atoms with Crippen molar-refractivity contribution in [2.24, 2.45) is 0 Å². The van der Waals surface area contributed by atoms with Gasteiger partial charge in [0, 0.05) is 19.0 Å². The Kier molecular flexibility index (Phi) is 2.61. The summed E-state index contributed by atoms with van der Waals surface area (Å²) in [6.45, 7) is 2.07. The highest BCUT2D eigenvalue weighted by Crippen LogP contribution is 2.35. The third kappa shape index (κ3) is 1.64. The highest BCUT2D eigenvalue weighted by Gasteiger charge is 2.50. The van der Waals surface area contributed by atoms with Gasteiger partial charge in [-0.2, -0.15) is 0 Å². The molecule has 0 bridgehead atoms. The number of rotatable bonds is 1. The van der Waals surface area contributed by atoms with E-state index in [1.165, 1.54) is 5.56 Å². The van der Waals surface area contributed by atoms with Crippen molar-refractivity contribution in [2.45, 2.75) is 17.9 Å². The molecule has 4 heteroatoms. The molecule has 2 saturated heterocycles. The number of hydrogen-bond acceptors (Lipinski definition) is 2. The molecule has 2 fully saturated rings. The average molecular weight is 230 g/mol. The Morgan fingerprint density at radius 2 is 2.12 bits per heavy atom. The molecule has 1 aromatic carbocycles. The molecule has 0 aliphatic carbocycles. The van der Waals surface area contributed by atoms with E-state index >= 15 is 0 Å². The highest BCUT2D eigenvalue weighted by molar-refractivity contribution is 5.89. The lowest BCUT2D eigenvalue weighted by atomic mass is 9.74. The molecule has 1 radical (unpaired) electrons. The number of nitrogens with one attached hydrogen (secondary N) is 2. The molecule has 1 aromatic rings. The number of nitrogens with zero attached hydrogens (tertiary/aromatic N) is 1. The third-order valence-corrected chi connectivity index (χ3v) is 3.83. The molecule has 0 saturated carbocycles. The van der Waals surface area contributed by atoms with Gasteiger partial charge in [0.15, 0.2) is 0 Å². The molecule has 89 valence electrons. The van der Waals surface area contributed by atoms with Gasteiger partial charge in [0.05, 0.1) is 6.67 Å². The van der Waals surface area contributed by atoms with Crippen molar-refractivity contribution >= 4 is 5.91 Å². The van der Waals surface area contributed by atoms with Gasteiger partial charge in [-0.3, -0.25) is 10.1 Å². The predicted molar refractivity (Wildman–Crippen MR) is 64.5 cm³/mol. The number of hydrogen-bond donors (Lipinski definition) is 2. The van der Waals surface area contributed by atoms with Crippen LogP contribution in [0.2, 0.25) is 0 Å². The van der Waals surface area contributed by atoms with Gasteiger partial charge in [-0.05, 0) is 12.0 Å². The van der Waals surface area contributed by atoms with E-state index in [1.807, 2.05) is 18.2 Å². The monoisotopic (exact) mass is 230 g/mol. The Labute approximate surface area is 101 Å². The SMILES string of the molecule is O=C1NCNC12CC[N]CC2c1ccccc1. The minimum Gasteiger partial charge on any atom is -0.342 e. The van der Waals surface area contributed by atoms with Crippen molar-refractivity contribution in [3.8, 4) is 0 Å². The maximum absolute atomic E-state index is 12.1. The third-order valence-electron chi connectivity index (χ3n) is 3.83. The summed E-state index contributed by atoms with van der Waals surface area (Å²) in [6, 6.07) is 10.2. The summed E-state index contributed by atoms with van der Waals surface area (Å²) in [5.41, 5.74) is 0.754. The summed E-state index contributed by atoms with van der Waals surface area (Å²) in [5.74, 6) is 0.279. The number of amides is 1. The second-order valence-corrected chi connectivity index (χ2v) is 4.67. The van der Waals surface area contributed by atoms with Crippen LogP contribution in [0.1, 0.15) is 17.9 Å². The Morgan fingerprint density at radius 3 is 2.82 bits per heavy atom. The molecule has 4 nitrogen and oxygen atoms in total. The fourth-order valence-corrected chi connectivity index (χ4v) is 2.88. The molecule has 17 heavy (non-hydrogen) atoms. The van der Waals surface area contributed by atoms with Crippen molar-refractivity contribution in [2.75, 3.05) is 19.8 Å². The first kappa shape index (κ1) is 10.7. The Bertz CT molecular complexity index is 420. The maximum atomic E-state index is 12.1. The molecule has 1 amide bonds. The zero-order valence-electron chi connectivity index (χ0n) is 9.65. The lowest BCUT2D eigenvalue weighted by Gasteiger charge is -2.39. The summed E-state index contributed by atoms with van der Waals surface area (Å²) in [4.78, 5) is 12.1. The fourth-order valence-electron chi connectivity index (χ4n) is 2.88. The molecule has 2 atom stereocenters. The first-order valence-corrected chi connectivity index (χ1v) is 6.04. The summed E-state index contributed by atoms with van der Waals surface area (Å²) >= 11 is 0. The second-order valence-electron chi connectivity index (χ2n) is 4.67. The molecule has 0 aromatic heterocycles. The van der Waals surface area contributed by atoms with Gasteiger partial charge >= 0.3 is 0 Å². The summed E-state index contributed by atoms with van der Waals surface area (Å²) in [6.07, 6.45) is 0.790. The predicted octanol–water partition coefficient (Wildman–Crippen LogP) is 0.194. The van der Waals surface area contributed by atoms with Crippen LogP contribution in [0.5, 0.6) is 0 Å². The molecular formula is C13H16N3O. The largest absolute Gasteiger partial charge is 0.342 e. The molecule has 2 aliphatic rings. The second kappa shape index (κ2) is 4.13. The van der Waals surface area contributed by atoms with Crippen LogP contribution in [0.15, 0.2) is 30.3 Å². The van der Waals surface area contributed by atoms with Gasteiger partial charge in [-0.1, -0.05) is 30.3 Å². The van der Waals surface area contributed by atoms with Crippen LogP contribution in [-0.4, -0.2) is 31.2 Å². The maximum Gasteiger partial charge on any atom is 0.242 e. The Hall–Kier alpha value is -1.39. The van der Waals surface area contributed by atoms with Crippen LogP contribution >= 0.6 is 0 Å². The normalized spacial score (nSPS) is 32.7. The van der Waals surface area contributed by atoms with Gasteiger partial charge < -0.3 is 5.32 Å². The van der Waals surface area contributed by atoms with Crippen LogP contribution in [0.4, 0.5) is 0 Å². The highest BCUT2D eigenvalue weighted by atomic mass is 16.2. The molecule has 1 spiro atoms. The van der Waals surface area contributed by atoms with E-state index in [0.717, 1.165) is 19.5 Å².